The van der Waals surface area contributed by atoms with Crippen LogP contribution < -0.4 is 161 Å². The van der Waals surface area contributed by atoms with Crippen LogP contribution in [0.2, 0.25) is 0 Å². The molecule has 0 radical (unpaired) electrons. The van der Waals surface area contributed by atoms with Crippen LogP contribution >= 0.6 is 0 Å². The van der Waals surface area contributed by atoms with Crippen LogP contribution in [0.3, 0.4) is 0 Å². The van der Waals surface area contributed by atoms with E-state index in [4.69, 9.17) is 4.74 Å². The standard InChI is InChI=1S/C16H18O21S4.5Na/c17-13(4-2-8-1-3-9(34-38(21,22)23)10(5-8)35-39(24,25)26)33-11-6-16(20,15(18)19)7-12(36-40(27,28)29)14(11)37-41(30,31)32;;;;;/h1-5,11-12,14,20H,6-7H2,(H,18,19)(H,21,22,23)(H,24,25,26)(H,27,28,29)(H,30,31,32);;;;;/q;5*+1/p-5/b4-2+;;;;;/t11-,12-,14+,16-;;;;;/m1...../s1. The summed E-state index contributed by atoms with van der Waals surface area (Å²) in [6.45, 7) is 0. The summed E-state index contributed by atoms with van der Waals surface area (Å²) < 4.78 is 152. The van der Waals surface area contributed by atoms with Crippen molar-refractivity contribution in [2.24, 2.45) is 0 Å². The molecule has 0 unspecified atom stereocenters. The normalized spacial score (nSPS) is 21.5. The summed E-state index contributed by atoms with van der Waals surface area (Å²) in [7, 11) is -22.6. The van der Waals surface area contributed by atoms with Gasteiger partial charge >= 0.3 is 154 Å². The second kappa shape index (κ2) is 21.5. The third-order valence-electron chi connectivity index (χ3n) is 4.69. The number of carboxylic acid groups (broad SMARTS) is 1. The van der Waals surface area contributed by atoms with Gasteiger partial charge in [-0.05, 0) is 23.8 Å². The van der Waals surface area contributed by atoms with E-state index in [1.165, 1.54) is 0 Å². The van der Waals surface area contributed by atoms with Crippen molar-refractivity contribution in [3.8, 4) is 11.5 Å². The first-order chi connectivity index (χ1) is 18.4. The van der Waals surface area contributed by atoms with E-state index in [9.17, 15) is 71.7 Å². The molecule has 232 valence electrons. The Kier molecular flexibility index (Phi) is 25.6. The number of aliphatic carboxylic acids is 1. The predicted molar refractivity (Wildman–Crippen MR) is 114 cm³/mol. The number of ether oxygens (including phenoxy) is 1. The maximum atomic E-state index is 12.4. The molecular weight excluding hydrogens is 771 g/mol. The fraction of sp³-hybridized carbons (Fsp3) is 0.375. The van der Waals surface area contributed by atoms with Crippen LogP contribution in [0.4, 0.5) is 0 Å². The number of rotatable bonds is 12. The van der Waals surface area contributed by atoms with Gasteiger partial charge in [0.15, 0.2) is 11.5 Å². The molecule has 4 atom stereocenters. The fourth-order valence-corrected chi connectivity index (χ4v) is 5.04. The van der Waals surface area contributed by atoms with E-state index in [1.807, 2.05) is 0 Å². The van der Waals surface area contributed by atoms with E-state index < -0.39 is 102 Å². The van der Waals surface area contributed by atoms with Crippen LogP contribution in [0, 0.1) is 0 Å². The first-order valence-electron chi connectivity index (χ1n) is 9.91. The number of esters is 1. The van der Waals surface area contributed by atoms with E-state index in [0.717, 1.165) is 6.07 Å². The van der Waals surface area contributed by atoms with Gasteiger partial charge in [-0.3, -0.25) is 8.37 Å². The summed E-state index contributed by atoms with van der Waals surface area (Å²) in [5.74, 6) is -6.12. The zero-order chi connectivity index (χ0) is 31.6. The third kappa shape index (κ3) is 20.2. The molecule has 0 saturated heterocycles. The Hall–Kier alpha value is 2.02. The van der Waals surface area contributed by atoms with Gasteiger partial charge in [0.1, 0.15) is 23.9 Å². The van der Waals surface area contributed by atoms with E-state index in [2.05, 4.69) is 16.7 Å². The molecule has 1 aromatic rings. The summed E-state index contributed by atoms with van der Waals surface area (Å²) in [5.41, 5.74) is -3.43. The molecule has 1 N–H and O–H groups in total. The molecule has 30 heteroatoms. The number of hydrogen-bond donors (Lipinski definition) is 1. The molecule has 1 aliphatic carbocycles. The van der Waals surface area contributed by atoms with Crippen molar-refractivity contribution in [3.05, 3.63) is 29.8 Å². The molecule has 0 amide bonds. The van der Waals surface area contributed by atoms with Crippen molar-refractivity contribution >= 4 is 59.6 Å². The van der Waals surface area contributed by atoms with Crippen LogP contribution in [0.25, 0.3) is 6.08 Å². The van der Waals surface area contributed by atoms with Crippen LogP contribution in [0.15, 0.2) is 24.3 Å². The predicted octanol–water partition coefficient (Wildman–Crippen LogP) is -19.7. The smallest absolute Gasteiger partial charge is 0.726 e. The molecule has 0 spiro atoms. The minimum atomic E-state index is -5.78. The molecule has 1 fully saturated rings. The second-order valence-electron chi connectivity index (χ2n) is 7.74. The fourth-order valence-electron chi connectivity index (χ4n) is 3.33. The monoisotopic (exact) mass is 784 g/mol. The third-order valence-corrected chi connectivity index (χ3v) is 6.40. The maximum absolute atomic E-state index is 12.4. The number of hydrogen-bond acceptors (Lipinski definition) is 21. The minimum absolute atomic E-state index is 0. The van der Waals surface area contributed by atoms with E-state index in [-0.39, 0.29) is 153 Å². The Labute approximate surface area is 372 Å². The number of benzene rings is 1. The zero-order valence-electron chi connectivity index (χ0n) is 24.3. The van der Waals surface area contributed by atoms with Crippen molar-refractivity contribution in [1.82, 2.24) is 0 Å². The average molecular weight is 784 g/mol. The van der Waals surface area contributed by atoms with Gasteiger partial charge in [-0.1, -0.05) is 6.07 Å². The summed E-state index contributed by atoms with van der Waals surface area (Å²) in [4.78, 5) is 23.8. The van der Waals surface area contributed by atoms with Crippen molar-refractivity contribution in [1.29, 1.82) is 0 Å². The van der Waals surface area contributed by atoms with Crippen molar-refractivity contribution in [2.75, 3.05) is 0 Å². The molecule has 1 aromatic carbocycles. The van der Waals surface area contributed by atoms with Crippen LogP contribution in [-0.4, -0.2) is 92.8 Å². The van der Waals surface area contributed by atoms with Gasteiger partial charge in [0.25, 0.3) is 20.8 Å². The minimum Gasteiger partial charge on any atom is -0.726 e. The van der Waals surface area contributed by atoms with Crippen LogP contribution in [0.5, 0.6) is 11.5 Å². The zero-order valence-corrected chi connectivity index (χ0v) is 37.5. The molecule has 1 aliphatic rings. The van der Waals surface area contributed by atoms with Gasteiger partial charge in [0.2, 0.25) is 20.8 Å². The number of carbonyl (C=O) groups is 2. The molecule has 0 bridgehead atoms. The van der Waals surface area contributed by atoms with Gasteiger partial charge in [0.05, 0.1) is 5.97 Å². The first-order valence-corrected chi connectivity index (χ1v) is 15.2. The SMILES string of the molecule is O=C(/C=C/c1ccc(OS(=O)(=O)[O-])c(OS(=O)(=O)[O-])c1)O[C@@H]1C[C@](O)(C(=O)[O-])C[C@@H](OS(=O)(=O)[O-])[C@H]1OS(=O)(=O)[O-].[Na+].[Na+].[Na+].[Na+].[Na+]. The number of aliphatic hydroxyl groups is 1. The Morgan fingerprint density at radius 3 is 1.63 bits per heavy atom. The van der Waals surface area contributed by atoms with Gasteiger partial charge < -0.3 is 46.3 Å². The van der Waals surface area contributed by atoms with Crippen LogP contribution in [-0.2, 0) is 64.3 Å². The molecule has 1 saturated carbocycles. The second-order valence-corrected chi connectivity index (χ2v) is 11.7. The van der Waals surface area contributed by atoms with E-state index in [1.54, 1.807) is 0 Å². The molecule has 0 aliphatic heterocycles. The summed E-state index contributed by atoms with van der Waals surface area (Å²) in [6, 6.07) is 2.04. The van der Waals surface area contributed by atoms with Gasteiger partial charge in [0, 0.05) is 18.9 Å². The Balaban J connectivity index is -0.00000176. The Morgan fingerprint density at radius 2 is 1.20 bits per heavy atom. The summed E-state index contributed by atoms with van der Waals surface area (Å²) in [5, 5.41) is 21.7. The largest absolute Gasteiger partial charge is 1.00 e. The molecule has 46 heavy (non-hydrogen) atoms. The molecule has 2 rings (SSSR count). The average Bonchev–Trinajstić information content (AvgIpc) is 2.72. The van der Waals surface area contributed by atoms with Crippen molar-refractivity contribution < 1.29 is 241 Å². The van der Waals surface area contributed by atoms with E-state index in [0.29, 0.717) is 24.3 Å². The molecule has 21 nitrogen and oxygen atoms in total. The molecule has 0 aromatic heterocycles. The van der Waals surface area contributed by atoms with Gasteiger partial charge in [-0.2, -0.15) is 0 Å². The quantitative estimate of drug-likeness (QED) is 0.0676. The van der Waals surface area contributed by atoms with Gasteiger partial charge in [-0.15, -0.1) is 0 Å². The maximum Gasteiger partial charge on any atom is 1.00 e. The van der Waals surface area contributed by atoms with E-state index >= 15 is 0 Å². The van der Waals surface area contributed by atoms with Crippen LogP contribution in [0.1, 0.15) is 18.4 Å². The summed E-state index contributed by atoms with van der Waals surface area (Å²) in [6.07, 6.45) is -8.87. The number of carbonyl (C=O) groups excluding carboxylic acids is 2. The molecule has 0 heterocycles. The Bertz CT molecular complexity index is 1660. The summed E-state index contributed by atoms with van der Waals surface area (Å²) >= 11 is 0. The molecular formula is C16H13Na5O21S4. The number of carboxylic acids is 1. The Morgan fingerprint density at radius 1 is 0.739 bits per heavy atom. The first kappa shape index (κ1) is 54.8. The topological polar surface area (TPSA) is 352 Å². The van der Waals surface area contributed by atoms with Gasteiger partial charge in [-0.25, -0.2) is 38.5 Å². The van der Waals surface area contributed by atoms with Crippen molar-refractivity contribution in [2.45, 2.75) is 36.8 Å². The van der Waals surface area contributed by atoms with Crippen molar-refractivity contribution in [3.63, 3.8) is 0 Å².